The predicted octanol–water partition coefficient (Wildman–Crippen LogP) is -2.77. The standard InChI is InChI=1S/C26H28O10/c27-11-19-23(31)25(33)21(29)17(35-19)9-7-13-3-1-5-15-14(4-2-6-16(13)15)8-10-18-22(30)26(34)24(32)20(12-28)36-18/h1-6,17-34H,11-12H2/t17?,18?,19-,20?,21-,22?,23-,24-,25?,26?/m1/s1. The molecular weight excluding hydrogens is 472 g/mol. The van der Waals surface area contributed by atoms with E-state index in [0.29, 0.717) is 11.1 Å². The minimum Gasteiger partial charge on any atom is -0.394 e. The van der Waals surface area contributed by atoms with Gasteiger partial charge >= 0.3 is 0 Å². The van der Waals surface area contributed by atoms with Gasteiger partial charge in [0.1, 0.15) is 61.0 Å². The van der Waals surface area contributed by atoms with Gasteiger partial charge in [0.05, 0.1) is 13.2 Å². The molecule has 0 amide bonds. The molecule has 0 saturated carbocycles. The summed E-state index contributed by atoms with van der Waals surface area (Å²) in [6.07, 6.45) is -13.3. The third-order valence-corrected chi connectivity index (χ3v) is 6.40. The van der Waals surface area contributed by atoms with Crippen molar-refractivity contribution in [3.63, 3.8) is 0 Å². The van der Waals surface area contributed by atoms with Crippen molar-refractivity contribution in [2.45, 2.75) is 61.0 Å². The van der Waals surface area contributed by atoms with E-state index in [1.807, 2.05) is 12.1 Å². The summed E-state index contributed by atoms with van der Waals surface area (Å²) in [5.74, 6) is 11.4. The number of benzene rings is 2. The molecule has 6 unspecified atom stereocenters. The molecule has 2 fully saturated rings. The fourth-order valence-corrected chi connectivity index (χ4v) is 4.27. The zero-order chi connectivity index (χ0) is 26.0. The van der Waals surface area contributed by atoms with Crippen LogP contribution in [0.15, 0.2) is 36.4 Å². The molecule has 10 atom stereocenters. The summed E-state index contributed by atoms with van der Waals surface area (Å²) < 4.78 is 10.9. The Morgan fingerprint density at radius 3 is 1.31 bits per heavy atom. The summed E-state index contributed by atoms with van der Waals surface area (Å²) in [6, 6.07) is 10.6. The maximum Gasteiger partial charge on any atom is 0.147 e. The molecule has 36 heavy (non-hydrogen) atoms. The van der Waals surface area contributed by atoms with Crippen LogP contribution in [0.2, 0.25) is 0 Å². The first-order valence-corrected chi connectivity index (χ1v) is 11.4. The van der Waals surface area contributed by atoms with Crippen LogP contribution in [-0.4, -0.2) is 115 Å². The zero-order valence-electron chi connectivity index (χ0n) is 19.0. The second-order valence-corrected chi connectivity index (χ2v) is 8.74. The highest BCUT2D eigenvalue weighted by molar-refractivity contribution is 5.92. The van der Waals surface area contributed by atoms with E-state index in [4.69, 9.17) is 9.47 Å². The quantitative estimate of drug-likeness (QED) is 0.201. The first-order chi connectivity index (χ1) is 17.3. The molecular formula is C26H28O10. The second-order valence-electron chi connectivity index (χ2n) is 8.74. The van der Waals surface area contributed by atoms with Gasteiger partial charge in [-0.1, -0.05) is 47.9 Å². The van der Waals surface area contributed by atoms with Crippen molar-refractivity contribution in [2.24, 2.45) is 0 Å². The maximum atomic E-state index is 10.2. The summed E-state index contributed by atoms with van der Waals surface area (Å²) in [4.78, 5) is 0. The van der Waals surface area contributed by atoms with Crippen LogP contribution in [0, 0.1) is 23.7 Å². The first-order valence-electron chi connectivity index (χ1n) is 11.4. The summed E-state index contributed by atoms with van der Waals surface area (Å²) in [7, 11) is 0. The Kier molecular flexibility index (Phi) is 8.25. The third kappa shape index (κ3) is 5.11. The lowest BCUT2D eigenvalue weighted by Gasteiger charge is -2.37. The number of ether oxygens (including phenoxy) is 2. The SMILES string of the molecule is OCC1OC(C#Cc2cccc3c(C#CC4O[C@H](CO)[C@@H](O)C(O)[C@@H]4O)cccc23)C(O)C(O)[C@@H]1O. The third-order valence-electron chi connectivity index (χ3n) is 6.40. The zero-order valence-corrected chi connectivity index (χ0v) is 19.0. The molecule has 0 spiro atoms. The van der Waals surface area contributed by atoms with E-state index in [0.717, 1.165) is 10.8 Å². The van der Waals surface area contributed by atoms with E-state index in [2.05, 4.69) is 23.7 Å². The summed E-state index contributed by atoms with van der Waals surface area (Å²) in [6.45, 7) is -1.10. The number of hydrogen-bond acceptors (Lipinski definition) is 10. The Labute approximate surface area is 207 Å². The van der Waals surface area contributed by atoms with Crippen LogP contribution < -0.4 is 0 Å². The van der Waals surface area contributed by atoms with E-state index >= 15 is 0 Å². The molecule has 2 aromatic carbocycles. The fourth-order valence-electron chi connectivity index (χ4n) is 4.27. The van der Waals surface area contributed by atoms with E-state index in [-0.39, 0.29) is 0 Å². The van der Waals surface area contributed by atoms with Gasteiger partial charge in [0.25, 0.3) is 0 Å². The largest absolute Gasteiger partial charge is 0.394 e. The molecule has 8 N–H and O–H groups in total. The Morgan fingerprint density at radius 1 is 0.556 bits per heavy atom. The molecule has 2 aliphatic heterocycles. The number of hydrogen-bond donors (Lipinski definition) is 8. The van der Waals surface area contributed by atoms with Crippen LogP contribution in [0.5, 0.6) is 0 Å². The van der Waals surface area contributed by atoms with Crippen molar-refractivity contribution < 1.29 is 50.3 Å². The lowest BCUT2D eigenvalue weighted by molar-refractivity contribution is -0.214. The van der Waals surface area contributed by atoms with E-state index in [1.54, 1.807) is 24.3 Å². The monoisotopic (exact) mass is 500 g/mol. The molecule has 0 aliphatic carbocycles. The van der Waals surface area contributed by atoms with Crippen molar-refractivity contribution in [3.05, 3.63) is 47.5 Å². The maximum absolute atomic E-state index is 10.2. The van der Waals surface area contributed by atoms with Crippen LogP contribution in [0.4, 0.5) is 0 Å². The van der Waals surface area contributed by atoms with Gasteiger partial charge in [0.15, 0.2) is 0 Å². The molecule has 10 heteroatoms. The summed E-state index contributed by atoms with van der Waals surface area (Å²) >= 11 is 0. The molecule has 4 rings (SSSR count). The van der Waals surface area contributed by atoms with E-state index < -0.39 is 74.3 Å². The predicted molar refractivity (Wildman–Crippen MR) is 125 cm³/mol. The molecule has 10 nitrogen and oxygen atoms in total. The van der Waals surface area contributed by atoms with Crippen molar-refractivity contribution in [1.29, 1.82) is 0 Å². The van der Waals surface area contributed by atoms with Crippen LogP contribution >= 0.6 is 0 Å². The first kappa shape index (κ1) is 26.5. The molecule has 2 aliphatic rings. The highest BCUT2D eigenvalue weighted by Crippen LogP contribution is 2.25. The van der Waals surface area contributed by atoms with Crippen molar-refractivity contribution >= 4 is 10.8 Å². The minimum atomic E-state index is -1.52. The minimum absolute atomic E-state index is 0.548. The Hall–Kier alpha value is -2.58. The topological polar surface area (TPSA) is 180 Å². The number of aliphatic hydroxyl groups excluding tert-OH is 8. The van der Waals surface area contributed by atoms with Crippen molar-refractivity contribution in [1.82, 2.24) is 0 Å². The Balaban J connectivity index is 1.62. The highest BCUT2D eigenvalue weighted by Gasteiger charge is 2.43. The Bertz CT molecular complexity index is 1100. The van der Waals surface area contributed by atoms with Crippen LogP contribution in [0.3, 0.4) is 0 Å². The van der Waals surface area contributed by atoms with Gasteiger partial charge in [-0.05, 0) is 22.9 Å². The van der Waals surface area contributed by atoms with Gasteiger partial charge < -0.3 is 50.3 Å². The number of fused-ring (bicyclic) bond motifs is 1. The molecule has 2 heterocycles. The number of rotatable bonds is 2. The van der Waals surface area contributed by atoms with Gasteiger partial charge in [0, 0.05) is 11.1 Å². The normalized spacial score (nSPS) is 36.4. The molecule has 192 valence electrons. The summed E-state index contributed by atoms with van der Waals surface area (Å²) in [5.41, 5.74) is 1.14. The van der Waals surface area contributed by atoms with E-state index in [9.17, 15) is 40.9 Å². The van der Waals surface area contributed by atoms with Crippen LogP contribution in [-0.2, 0) is 9.47 Å². The highest BCUT2D eigenvalue weighted by atomic mass is 16.5. The average molecular weight is 501 g/mol. The molecule has 0 radical (unpaired) electrons. The fraction of sp³-hybridized carbons (Fsp3) is 0.462. The van der Waals surface area contributed by atoms with Gasteiger partial charge in [-0.3, -0.25) is 0 Å². The van der Waals surface area contributed by atoms with Gasteiger partial charge in [-0.25, -0.2) is 0 Å². The van der Waals surface area contributed by atoms with Crippen molar-refractivity contribution in [2.75, 3.05) is 13.2 Å². The lowest BCUT2D eigenvalue weighted by atomic mass is 9.94. The average Bonchev–Trinajstić information content (AvgIpc) is 2.89. The second kappa shape index (κ2) is 11.2. The van der Waals surface area contributed by atoms with E-state index in [1.165, 1.54) is 0 Å². The van der Waals surface area contributed by atoms with Gasteiger partial charge in [-0.2, -0.15) is 0 Å². The molecule has 2 saturated heterocycles. The number of aliphatic hydroxyl groups is 8. The van der Waals surface area contributed by atoms with Gasteiger partial charge in [0.2, 0.25) is 0 Å². The van der Waals surface area contributed by atoms with Crippen molar-refractivity contribution in [3.8, 4) is 23.7 Å². The molecule has 0 aromatic heterocycles. The van der Waals surface area contributed by atoms with Crippen LogP contribution in [0.1, 0.15) is 11.1 Å². The molecule has 2 aromatic rings. The van der Waals surface area contributed by atoms with Gasteiger partial charge in [-0.15, -0.1) is 0 Å². The summed E-state index contributed by atoms with van der Waals surface area (Å²) in [5, 5.41) is 80.4. The lowest BCUT2D eigenvalue weighted by Crippen LogP contribution is -2.58. The smallest absolute Gasteiger partial charge is 0.147 e. The Morgan fingerprint density at radius 2 is 0.944 bits per heavy atom. The molecule has 0 bridgehead atoms. The van der Waals surface area contributed by atoms with Crippen LogP contribution in [0.25, 0.3) is 10.8 Å².